The summed E-state index contributed by atoms with van der Waals surface area (Å²) in [5.41, 5.74) is 3.50. The Labute approximate surface area is 297 Å². The van der Waals surface area contributed by atoms with Crippen molar-refractivity contribution < 1.29 is 19.0 Å². The molecule has 4 heterocycles. The summed E-state index contributed by atoms with van der Waals surface area (Å²) < 4.78 is 18.1. The first-order valence-corrected chi connectivity index (χ1v) is 17.1. The van der Waals surface area contributed by atoms with Crippen molar-refractivity contribution in [3.8, 4) is 11.8 Å². The third kappa shape index (κ3) is 7.92. The number of aromatic nitrogens is 2. The zero-order valence-corrected chi connectivity index (χ0v) is 29.8. The number of nitrogens with zero attached hydrogens (tertiary/aromatic N) is 5. The van der Waals surface area contributed by atoms with Crippen molar-refractivity contribution in [2.75, 3.05) is 46.4 Å². The lowest BCUT2D eigenvalue weighted by molar-refractivity contribution is -0.146. The highest BCUT2D eigenvalue weighted by Gasteiger charge is 2.44. The SMILES string of the molecule is COc1nc(C2CC2)nc(OC(C)C)c1CN1CC2CN(C(=O)C3CCCO3)CCN2C(C(c2ccccc2)c2ccccc2)C1.Cl.Cl. The molecule has 260 valence electrons. The summed E-state index contributed by atoms with van der Waals surface area (Å²) in [6.45, 7) is 9.26. The molecule has 7 rings (SSSR count). The van der Waals surface area contributed by atoms with Crippen molar-refractivity contribution in [1.82, 2.24) is 24.7 Å². The molecule has 0 bridgehead atoms. The molecule has 1 amide bonds. The predicted octanol–water partition coefficient (Wildman–Crippen LogP) is 5.70. The second-order valence-electron chi connectivity index (χ2n) is 13.6. The number of carbonyl (C=O) groups is 1. The Morgan fingerprint density at radius 1 is 0.896 bits per heavy atom. The van der Waals surface area contributed by atoms with Gasteiger partial charge in [0.15, 0.2) is 0 Å². The molecule has 48 heavy (non-hydrogen) atoms. The summed E-state index contributed by atoms with van der Waals surface area (Å²) in [4.78, 5) is 30.6. The van der Waals surface area contributed by atoms with Gasteiger partial charge in [-0.2, -0.15) is 9.97 Å². The van der Waals surface area contributed by atoms with Crippen LogP contribution in [-0.4, -0.2) is 101 Å². The van der Waals surface area contributed by atoms with Crippen molar-refractivity contribution in [3.63, 3.8) is 0 Å². The monoisotopic (exact) mass is 697 g/mol. The fourth-order valence-electron chi connectivity index (χ4n) is 7.60. The summed E-state index contributed by atoms with van der Waals surface area (Å²) in [5, 5.41) is 0. The molecule has 9 nitrogen and oxygen atoms in total. The van der Waals surface area contributed by atoms with Crippen LogP contribution in [-0.2, 0) is 16.1 Å². The molecule has 11 heteroatoms. The van der Waals surface area contributed by atoms with Crippen molar-refractivity contribution in [1.29, 1.82) is 0 Å². The summed E-state index contributed by atoms with van der Waals surface area (Å²) in [5.74, 6) is 2.75. The van der Waals surface area contributed by atoms with E-state index in [1.165, 1.54) is 11.1 Å². The number of halogens is 2. The fraction of sp³-hybridized carbons (Fsp3) is 0.541. The number of piperazine rings is 2. The lowest BCUT2D eigenvalue weighted by Gasteiger charge is -2.53. The van der Waals surface area contributed by atoms with Gasteiger partial charge in [0.25, 0.3) is 5.91 Å². The van der Waals surface area contributed by atoms with Crippen LogP contribution in [0.25, 0.3) is 0 Å². The Balaban J connectivity index is 0.00000225. The Morgan fingerprint density at radius 2 is 1.56 bits per heavy atom. The van der Waals surface area contributed by atoms with Gasteiger partial charge in [0, 0.05) is 69.8 Å². The minimum Gasteiger partial charge on any atom is -0.481 e. The van der Waals surface area contributed by atoms with E-state index in [4.69, 9.17) is 24.2 Å². The second-order valence-corrected chi connectivity index (χ2v) is 13.6. The third-order valence-corrected chi connectivity index (χ3v) is 9.90. The Morgan fingerprint density at radius 3 is 2.15 bits per heavy atom. The van der Waals surface area contributed by atoms with E-state index >= 15 is 0 Å². The zero-order valence-electron chi connectivity index (χ0n) is 28.2. The molecule has 3 saturated heterocycles. The highest BCUT2D eigenvalue weighted by molar-refractivity contribution is 5.85. The van der Waals surface area contributed by atoms with Crippen molar-refractivity contribution >= 4 is 30.7 Å². The first kappa shape index (κ1) is 36.3. The number of rotatable bonds is 10. The largest absolute Gasteiger partial charge is 0.481 e. The number of fused-ring (bicyclic) bond motifs is 1. The molecule has 2 aromatic carbocycles. The number of ether oxygens (including phenoxy) is 3. The van der Waals surface area contributed by atoms with Gasteiger partial charge in [0.1, 0.15) is 11.9 Å². The van der Waals surface area contributed by atoms with Crippen molar-refractivity contribution in [2.24, 2.45) is 0 Å². The highest BCUT2D eigenvalue weighted by atomic mass is 35.5. The van der Waals surface area contributed by atoms with Gasteiger partial charge in [0.2, 0.25) is 11.8 Å². The number of benzene rings is 2. The van der Waals surface area contributed by atoms with E-state index in [2.05, 4.69) is 75.4 Å². The van der Waals surface area contributed by atoms with E-state index in [0.29, 0.717) is 37.4 Å². The van der Waals surface area contributed by atoms with Crippen LogP contribution in [0.1, 0.15) is 73.9 Å². The van der Waals surface area contributed by atoms with Crippen LogP contribution in [0.15, 0.2) is 60.7 Å². The number of hydrogen-bond acceptors (Lipinski definition) is 8. The van der Waals surface area contributed by atoms with E-state index in [1.54, 1.807) is 7.11 Å². The van der Waals surface area contributed by atoms with Gasteiger partial charge in [0.05, 0.1) is 18.8 Å². The molecule has 3 aromatic rings. The van der Waals surface area contributed by atoms with Crippen molar-refractivity contribution in [2.45, 2.75) is 82.2 Å². The summed E-state index contributed by atoms with van der Waals surface area (Å²) in [7, 11) is 1.69. The zero-order chi connectivity index (χ0) is 31.6. The fourth-order valence-corrected chi connectivity index (χ4v) is 7.60. The molecule has 4 fully saturated rings. The summed E-state index contributed by atoms with van der Waals surface area (Å²) in [6, 6.07) is 22.1. The van der Waals surface area contributed by atoms with Gasteiger partial charge in [-0.1, -0.05) is 60.7 Å². The molecular weight excluding hydrogens is 649 g/mol. The first-order valence-electron chi connectivity index (χ1n) is 17.1. The minimum absolute atomic E-state index is 0. The van der Waals surface area contributed by atoms with Crippen LogP contribution < -0.4 is 9.47 Å². The van der Waals surface area contributed by atoms with Crippen LogP contribution in [0.4, 0.5) is 0 Å². The maximum absolute atomic E-state index is 13.5. The minimum atomic E-state index is -0.300. The van der Waals surface area contributed by atoms with Crippen molar-refractivity contribution in [3.05, 3.63) is 83.2 Å². The van der Waals surface area contributed by atoms with Crippen LogP contribution in [0.3, 0.4) is 0 Å². The van der Waals surface area contributed by atoms with Gasteiger partial charge in [-0.3, -0.25) is 14.6 Å². The van der Waals surface area contributed by atoms with E-state index < -0.39 is 0 Å². The maximum Gasteiger partial charge on any atom is 0.251 e. The molecule has 0 radical (unpaired) electrons. The van der Waals surface area contributed by atoms with E-state index in [-0.39, 0.29) is 60.9 Å². The standard InChI is InChI=1S/C37H47N5O4.2ClH/c1-25(2)46-36-30(35(44-3)38-34(39-36)28-16-17-28)23-40-21-29-22-41(37(43)32-15-10-20-45-32)18-19-42(29)31(24-40)33(26-11-6-4-7-12-26)27-13-8-5-9-14-27;;/h4-9,11-14,25,28-29,31-33H,10,15-24H2,1-3H3;2*1H. The quantitative estimate of drug-likeness (QED) is 0.267. The summed E-state index contributed by atoms with van der Waals surface area (Å²) in [6.07, 6.45) is 3.66. The number of amides is 1. The summed E-state index contributed by atoms with van der Waals surface area (Å²) >= 11 is 0. The van der Waals surface area contributed by atoms with Gasteiger partial charge < -0.3 is 19.1 Å². The maximum atomic E-state index is 13.5. The number of carbonyl (C=O) groups excluding carboxylic acids is 1. The lowest BCUT2D eigenvalue weighted by atomic mass is 9.81. The molecule has 1 aliphatic carbocycles. The average molecular weight is 699 g/mol. The van der Waals surface area contributed by atoms with Gasteiger partial charge in [-0.05, 0) is 50.7 Å². The third-order valence-electron chi connectivity index (χ3n) is 9.90. The Bertz CT molecular complexity index is 1450. The van der Waals surface area contributed by atoms with Crippen LogP contribution in [0, 0.1) is 0 Å². The van der Waals surface area contributed by atoms with E-state index in [0.717, 1.165) is 63.3 Å². The molecule has 1 saturated carbocycles. The smallest absolute Gasteiger partial charge is 0.251 e. The Hall–Kier alpha value is -2.95. The van der Waals surface area contributed by atoms with Crippen LogP contribution in [0.5, 0.6) is 11.8 Å². The molecular formula is C37H49Cl2N5O4. The normalized spacial score (nSPS) is 22.9. The molecule has 3 atom stereocenters. The molecule has 0 N–H and O–H groups in total. The second kappa shape index (κ2) is 16.2. The molecule has 3 aliphatic heterocycles. The van der Waals surface area contributed by atoms with E-state index in [9.17, 15) is 4.79 Å². The number of hydrogen-bond donors (Lipinski definition) is 0. The Kier molecular flexibility index (Phi) is 12.2. The van der Waals surface area contributed by atoms with Gasteiger partial charge in [-0.15, -0.1) is 24.8 Å². The lowest BCUT2D eigenvalue weighted by Crippen LogP contribution is -2.67. The first-order chi connectivity index (χ1) is 22.5. The van der Waals surface area contributed by atoms with Crippen LogP contribution in [0.2, 0.25) is 0 Å². The molecule has 4 aliphatic rings. The van der Waals surface area contributed by atoms with E-state index in [1.807, 2.05) is 13.8 Å². The van der Waals surface area contributed by atoms with Crippen LogP contribution >= 0.6 is 24.8 Å². The number of methoxy groups -OCH3 is 1. The molecule has 3 unspecified atom stereocenters. The predicted molar refractivity (Wildman–Crippen MR) is 191 cm³/mol. The van der Waals surface area contributed by atoms with Gasteiger partial charge in [-0.25, -0.2) is 0 Å². The topological polar surface area (TPSA) is 80.3 Å². The highest BCUT2D eigenvalue weighted by Crippen LogP contribution is 2.42. The molecule has 0 spiro atoms. The molecule has 1 aromatic heterocycles. The average Bonchev–Trinajstić information content (AvgIpc) is 3.79. The van der Waals surface area contributed by atoms with Gasteiger partial charge >= 0.3 is 0 Å².